The molecule has 0 aromatic carbocycles. The molecule has 1 fully saturated rings. The molecule has 1 aliphatic rings. The van der Waals surface area contributed by atoms with Crippen molar-refractivity contribution in [3.63, 3.8) is 0 Å². The summed E-state index contributed by atoms with van der Waals surface area (Å²) in [5.74, 6) is -0.894. The Labute approximate surface area is 117 Å². The molecule has 108 valence electrons. The van der Waals surface area contributed by atoms with Gasteiger partial charge in [-0.15, -0.1) is 0 Å². The molecule has 6 heteroatoms. The zero-order valence-corrected chi connectivity index (χ0v) is 11.5. The van der Waals surface area contributed by atoms with Crippen LogP contribution in [-0.4, -0.2) is 40.0 Å². The van der Waals surface area contributed by atoms with Gasteiger partial charge in [0.2, 0.25) is 5.91 Å². The molecular formula is C14H19N3O3. The Kier molecular flexibility index (Phi) is 4.68. The smallest absolute Gasteiger partial charge is 0.317 e. The van der Waals surface area contributed by atoms with Crippen LogP contribution in [0.5, 0.6) is 0 Å². The first-order valence-electron chi connectivity index (χ1n) is 6.71. The standard InChI is InChI=1S/C14H19N3O3/c1-10(18)16-8-12-7-11(4-5-15-12)13-3-2-6-17(13)9-14(19)20/h4-5,7,13H,2-3,6,8-9H2,1H3,(H,16,18)(H,19,20). The lowest BCUT2D eigenvalue weighted by atomic mass is 10.0. The molecule has 1 atom stereocenters. The summed E-state index contributed by atoms with van der Waals surface area (Å²) in [5, 5.41) is 11.7. The minimum atomic E-state index is -0.801. The van der Waals surface area contributed by atoms with Gasteiger partial charge < -0.3 is 10.4 Å². The number of hydrogen-bond donors (Lipinski definition) is 2. The number of nitrogens with one attached hydrogen (secondary N) is 1. The van der Waals surface area contributed by atoms with Crippen LogP contribution >= 0.6 is 0 Å². The molecule has 1 aromatic heterocycles. The second-order valence-electron chi connectivity index (χ2n) is 5.01. The van der Waals surface area contributed by atoms with Crippen molar-refractivity contribution in [2.24, 2.45) is 0 Å². The third kappa shape index (κ3) is 3.77. The van der Waals surface area contributed by atoms with Crippen LogP contribution in [0.1, 0.15) is 37.1 Å². The number of hydrogen-bond acceptors (Lipinski definition) is 4. The predicted molar refractivity (Wildman–Crippen MR) is 72.9 cm³/mol. The third-order valence-electron chi connectivity index (χ3n) is 3.45. The van der Waals surface area contributed by atoms with Gasteiger partial charge in [0.25, 0.3) is 0 Å². The Hall–Kier alpha value is -1.95. The van der Waals surface area contributed by atoms with Crippen molar-refractivity contribution in [2.75, 3.05) is 13.1 Å². The molecule has 0 bridgehead atoms. The number of aromatic nitrogens is 1. The van der Waals surface area contributed by atoms with Crippen molar-refractivity contribution >= 4 is 11.9 Å². The van der Waals surface area contributed by atoms with Crippen LogP contribution in [0.2, 0.25) is 0 Å². The van der Waals surface area contributed by atoms with Crippen molar-refractivity contribution in [2.45, 2.75) is 32.4 Å². The Morgan fingerprint density at radius 2 is 2.35 bits per heavy atom. The van der Waals surface area contributed by atoms with Crippen molar-refractivity contribution < 1.29 is 14.7 Å². The van der Waals surface area contributed by atoms with E-state index in [2.05, 4.69) is 10.3 Å². The number of carboxylic acids is 1. The van der Waals surface area contributed by atoms with Crippen molar-refractivity contribution in [3.05, 3.63) is 29.6 Å². The van der Waals surface area contributed by atoms with Gasteiger partial charge in [0.15, 0.2) is 0 Å². The van der Waals surface area contributed by atoms with Gasteiger partial charge >= 0.3 is 5.97 Å². The lowest BCUT2D eigenvalue weighted by Crippen LogP contribution is -2.29. The van der Waals surface area contributed by atoms with Crippen LogP contribution in [0.15, 0.2) is 18.3 Å². The van der Waals surface area contributed by atoms with Crippen LogP contribution in [0.3, 0.4) is 0 Å². The van der Waals surface area contributed by atoms with Gasteiger partial charge in [0, 0.05) is 19.2 Å². The summed E-state index contributed by atoms with van der Waals surface area (Å²) < 4.78 is 0. The monoisotopic (exact) mass is 277 g/mol. The predicted octanol–water partition coefficient (Wildman–Crippen LogP) is 0.939. The van der Waals surface area contributed by atoms with E-state index in [-0.39, 0.29) is 18.5 Å². The van der Waals surface area contributed by atoms with Crippen molar-refractivity contribution in [3.8, 4) is 0 Å². The molecule has 20 heavy (non-hydrogen) atoms. The summed E-state index contributed by atoms with van der Waals surface area (Å²) in [6.45, 7) is 2.73. The number of carbonyl (C=O) groups excluding carboxylic acids is 1. The number of rotatable bonds is 5. The summed E-state index contributed by atoms with van der Waals surface area (Å²) in [7, 11) is 0. The Balaban J connectivity index is 2.09. The summed E-state index contributed by atoms with van der Waals surface area (Å²) in [6, 6.07) is 3.99. The highest BCUT2D eigenvalue weighted by molar-refractivity contribution is 5.72. The molecule has 2 N–H and O–H groups in total. The van der Waals surface area contributed by atoms with Crippen LogP contribution < -0.4 is 5.32 Å². The van der Waals surface area contributed by atoms with E-state index < -0.39 is 5.97 Å². The minimum absolute atomic E-state index is 0.0635. The summed E-state index contributed by atoms with van der Waals surface area (Å²) >= 11 is 0. The Bertz CT molecular complexity index is 504. The molecular weight excluding hydrogens is 258 g/mol. The van der Waals surface area contributed by atoms with Gasteiger partial charge in [-0.05, 0) is 37.1 Å². The maximum atomic E-state index is 10.9. The van der Waals surface area contributed by atoms with Gasteiger partial charge in [-0.2, -0.15) is 0 Å². The minimum Gasteiger partial charge on any atom is -0.480 e. The molecule has 1 unspecified atom stereocenters. The largest absolute Gasteiger partial charge is 0.480 e. The van der Waals surface area contributed by atoms with E-state index in [4.69, 9.17) is 5.11 Å². The number of pyridine rings is 1. The Morgan fingerprint density at radius 3 is 3.05 bits per heavy atom. The molecule has 0 radical (unpaired) electrons. The first-order chi connectivity index (χ1) is 9.56. The van der Waals surface area contributed by atoms with E-state index in [0.717, 1.165) is 30.6 Å². The fourth-order valence-corrected chi connectivity index (χ4v) is 2.58. The number of likely N-dealkylation sites (tertiary alicyclic amines) is 1. The van der Waals surface area contributed by atoms with E-state index in [1.54, 1.807) is 6.20 Å². The molecule has 6 nitrogen and oxygen atoms in total. The lowest BCUT2D eigenvalue weighted by Gasteiger charge is -2.23. The molecule has 1 amide bonds. The average Bonchev–Trinajstić information content (AvgIpc) is 2.84. The number of amides is 1. The number of nitrogens with zero attached hydrogens (tertiary/aromatic N) is 2. The molecule has 2 heterocycles. The van der Waals surface area contributed by atoms with E-state index >= 15 is 0 Å². The second-order valence-corrected chi connectivity index (χ2v) is 5.01. The molecule has 0 spiro atoms. The number of aliphatic carboxylic acids is 1. The van der Waals surface area contributed by atoms with Gasteiger partial charge in [0.1, 0.15) is 0 Å². The molecule has 0 saturated carbocycles. The van der Waals surface area contributed by atoms with E-state index in [0.29, 0.717) is 6.54 Å². The topological polar surface area (TPSA) is 82.5 Å². The summed E-state index contributed by atoms with van der Waals surface area (Å²) in [4.78, 5) is 28.0. The quantitative estimate of drug-likeness (QED) is 0.837. The zero-order chi connectivity index (χ0) is 14.5. The molecule has 2 rings (SSSR count). The zero-order valence-electron chi connectivity index (χ0n) is 11.5. The van der Waals surface area contributed by atoms with E-state index in [1.807, 2.05) is 17.0 Å². The normalized spacial score (nSPS) is 18.9. The number of carboxylic acid groups (broad SMARTS) is 1. The van der Waals surface area contributed by atoms with E-state index in [1.165, 1.54) is 6.92 Å². The number of carbonyl (C=O) groups is 2. The van der Waals surface area contributed by atoms with Gasteiger partial charge in [-0.25, -0.2) is 0 Å². The van der Waals surface area contributed by atoms with Crippen molar-refractivity contribution in [1.29, 1.82) is 0 Å². The third-order valence-corrected chi connectivity index (χ3v) is 3.45. The first kappa shape index (κ1) is 14.5. The van der Waals surface area contributed by atoms with E-state index in [9.17, 15) is 9.59 Å². The maximum absolute atomic E-state index is 10.9. The molecule has 0 aliphatic carbocycles. The fraction of sp³-hybridized carbons (Fsp3) is 0.500. The second kappa shape index (κ2) is 6.47. The highest BCUT2D eigenvalue weighted by Gasteiger charge is 2.27. The van der Waals surface area contributed by atoms with Crippen LogP contribution in [0.25, 0.3) is 0 Å². The highest BCUT2D eigenvalue weighted by Crippen LogP contribution is 2.31. The van der Waals surface area contributed by atoms with Gasteiger partial charge in [0.05, 0.1) is 18.8 Å². The molecule has 1 aliphatic heterocycles. The maximum Gasteiger partial charge on any atom is 0.317 e. The fourth-order valence-electron chi connectivity index (χ4n) is 2.58. The van der Waals surface area contributed by atoms with Crippen LogP contribution in [0.4, 0.5) is 0 Å². The average molecular weight is 277 g/mol. The lowest BCUT2D eigenvalue weighted by molar-refractivity contribution is -0.138. The molecule has 1 saturated heterocycles. The van der Waals surface area contributed by atoms with Gasteiger partial charge in [-0.3, -0.25) is 19.5 Å². The highest BCUT2D eigenvalue weighted by atomic mass is 16.4. The summed E-state index contributed by atoms with van der Waals surface area (Å²) in [5.41, 5.74) is 1.86. The summed E-state index contributed by atoms with van der Waals surface area (Å²) in [6.07, 6.45) is 3.67. The van der Waals surface area contributed by atoms with Crippen molar-refractivity contribution in [1.82, 2.24) is 15.2 Å². The first-order valence-corrected chi connectivity index (χ1v) is 6.71. The van der Waals surface area contributed by atoms with Crippen LogP contribution in [-0.2, 0) is 16.1 Å². The Morgan fingerprint density at radius 1 is 1.55 bits per heavy atom. The molecule has 1 aromatic rings. The van der Waals surface area contributed by atoms with Crippen LogP contribution in [0, 0.1) is 0 Å². The SMILES string of the molecule is CC(=O)NCc1cc(C2CCCN2CC(=O)O)ccn1. The van der Waals surface area contributed by atoms with Gasteiger partial charge in [-0.1, -0.05) is 0 Å².